The quantitative estimate of drug-likeness (QED) is 0.541. The Hall–Kier alpha value is -2.42. The first-order chi connectivity index (χ1) is 10.3. The summed E-state index contributed by atoms with van der Waals surface area (Å²) in [6.07, 6.45) is 1.67. The van der Waals surface area contributed by atoms with Crippen LogP contribution in [-0.2, 0) is 7.05 Å². The van der Waals surface area contributed by atoms with Gasteiger partial charge in [-0.15, -0.1) is 5.10 Å². The summed E-state index contributed by atoms with van der Waals surface area (Å²) in [5, 5.41) is 18.9. The lowest BCUT2D eigenvalue weighted by Gasteiger charge is -2.06. The molecule has 9 heteroatoms. The molecule has 3 rings (SSSR count). The molecule has 3 aromatic heterocycles. The van der Waals surface area contributed by atoms with E-state index >= 15 is 0 Å². The van der Waals surface area contributed by atoms with Gasteiger partial charge in [0.2, 0.25) is 5.16 Å². The van der Waals surface area contributed by atoms with Crippen LogP contribution in [0.2, 0.25) is 0 Å². The van der Waals surface area contributed by atoms with E-state index in [2.05, 4.69) is 25.9 Å². The molecule has 0 aliphatic rings. The van der Waals surface area contributed by atoms with Gasteiger partial charge in [-0.25, -0.2) is 9.20 Å². The van der Waals surface area contributed by atoms with Crippen LogP contribution >= 0.6 is 11.8 Å². The number of rotatable bonds is 5. The minimum atomic E-state index is -0.152. The monoisotopic (exact) mass is 303 g/mol. The third kappa shape index (κ3) is 2.87. The van der Waals surface area contributed by atoms with E-state index in [0.717, 1.165) is 10.7 Å². The molecule has 21 heavy (non-hydrogen) atoms. The van der Waals surface area contributed by atoms with Gasteiger partial charge in [-0.2, -0.15) is 5.10 Å². The Morgan fingerprint density at radius 3 is 3.10 bits per heavy atom. The molecule has 0 fully saturated rings. The highest BCUT2D eigenvalue weighted by Gasteiger charge is 2.10. The minimum absolute atomic E-state index is 0.152. The summed E-state index contributed by atoms with van der Waals surface area (Å²) in [7, 11) is 1.78. The lowest BCUT2D eigenvalue weighted by atomic mass is 10.3. The molecule has 8 nitrogen and oxygen atoms in total. The molecule has 0 saturated heterocycles. The highest BCUT2D eigenvalue weighted by atomic mass is 32.2. The van der Waals surface area contributed by atoms with Crippen LogP contribution in [0, 0.1) is 0 Å². The van der Waals surface area contributed by atoms with Crippen molar-refractivity contribution in [1.29, 1.82) is 0 Å². The molecular formula is C12H13N7OS. The first-order valence-electron chi connectivity index (χ1n) is 6.32. The van der Waals surface area contributed by atoms with Crippen LogP contribution < -0.4 is 5.32 Å². The number of aromatic nitrogens is 6. The largest absolute Gasteiger partial charge is 0.350 e. The fraction of sp³-hybridized carbons (Fsp3) is 0.250. The molecule has 0 aliphatic heterocycles. The predicted molar refractivity (Wildman–Crippen MR) is 77.0 cm³/mol. The van der Waals surface area contributed by atoms with Crippen LogP contribution in [0.4, 0.5) is 0 Å². The molecule has 1 amide bonds. The van der Waals surface area contributed by atoms with Crippen molar-refractivity contribution in [3.05, 3.63) is 36.2 Å². The van der Waals surface area contributed by atoms with Crippen molar-refractivity contribution in [2.24, 2.45) is 7.05 Å². The number of carbonyl (C=O) groups is 1. The van der Waals surface area contributed by atoms with Gasteiger partial charge in [0.1, 0.15) is 5.69 Å². The maximum absolute atomic E-state index is 12.2. The summed E-state index contributed by atoms with van der Waals surface area (Å²) in [4.78, 5) is 12.2. The van der Waals surface area contributed by atoms with E-state index in [1.165, 1.54) is 11.8 Å². The molecule has 3 heterocycles. The highest BCUT2D eigenvalue weighted by Crippen LogP contribution is 2.11. The smallest absolute Gasteiger partial charge is 0.269 e. The molecule has 0 spiro atoms. The number of tetrazole rings is 1. The van der Waals surface area contributed by atoms with Gasteiger partial charge in [0.15, 0.2) is 0 Å². The highest BCUT2D eigenvalue weighted by molar-refractivity contribution is 7.99. The van der Waals surface area contributed by atoms with E-state index in [0.29, 0.717) is 18.0 Å². The molecule has 0 aromatic carbocycles. The first-order valence-corrected chi connectivity index (χ1v) is 7.30. The van der Waals surface area contributed by atoms with E-state index in [1.807, 2.05) is 18.2 Å². The summed E-state index contributed by atoms with van der Waals surface area (Å²) in [6.45, 7) is 0.522. The summed E-state index contributed by atoms with van der Waals surface area (Å²) in [5.74, 6) is 0.538. The number of fused-ring (bicyclic) bond motifs is 1. The van der Waals surface area contributed by atoms with Gasteiger partial charge < -0.3 is 5.32 Å². The SMILES string of the molecule is Cn1nnnc1SCCNC(=O)c1cccc2ccnn12. The van der Waals surface area contributed by atoms with Gasteiger partial charge >= 0.3 is 0 Å². The maximum atomic E-state index is 12.2. The second kappa shape index (κ2) is 5.92. The van der Waals surface area contributed by atoms with Crippen LogP contribution in [0.3, 0.4) is 0 Å². The normalized spacial score (nSPS) is 10.9. The number of pyridine rings is 1. The van der Waals surface area contributed by atoms with Crippen LogP contribution in [-0.4, -0.2) is 48.0 Å². The lowest BCUT2D eigenvalue weighted by Crippen LogP contribution is -2.27. The number of nitrogens with zero attached hydrogens (tertiary/aromatic N) is 6. The van der Waals surface area contributed by atoms with Crippen LogP contribution in [0.15, 0.2) is 35.6 Å². The van der Waals surface area contributed by atoms with Gasteiger partial charge in [0.25, 0.3) is 5.91 Å². The molecule has 0 unspecified atom stereocenters. The number of carbonyl (C=O) groups excluding carboxylic acids is 1. The average Bonchev–Trinajstić information content (AvgIpc) is 3.11. The van der Waals surface area contributed by atoms with Gasteiger partial charge in [-0.05, 0) is 28.6 Å². The summed E-state index contributed by atoms with van der Waals surface area (Å²) in [5.41, 5.74) is 1.41. The molecule has 0 saturated carbocycles. The molecule has 0 radical (unpaired) electrons. The standard InChI is InChI=1S/C12H13N7OS/c1-18-12(15-16-17-18)21-8-7-13-11(20)10-4-2-3-9-5-6-14-19(9)10/h2-6H,7-8H2,1H3,(H,13,20). The fourth-order valence-electron chi connectivity index (χ4n) is 1.86. The Labute approximate surface area is 124 Å². The molecule has 108 valence electrons. The van der Waals surface area contributed by atoms with Crippen molar-refractivity contribution in [3.63, 3.8) is 0 Å². The lowest BCUT2D eigenvalue weighted by molar-refractivity contribution is 0.0949. The van der Waals surface area contributed by atoms with E-state index < -0.39 is 0 Å². The molecular weight excluding hydrogens is 290 g/mol. The molecule has 0 aliphatic carbocycles. The third-order valence-corrected chi connectivity index (χ3v) is 3.87. The fourth-order valence-corrected chi connectivity index (χ4v) is 2.57. The van der Waals surface area contributed by atoms with Gasteiger partial charge in [0, 0.05) is 19.3 Å². The van der Waals surface area contributed by atoms with E-state index in [4.69, 9.17) is 0 Å². The van der Waals surface area contributed by atoms with Crippen LogP contribution in [0.25, 0.3) is 5.52 Å². The van der Waals surface area contributed by atoms with Crippen molar-refractivity contribution in [3.8, 4) is 0 Å². The second-order valence-corrected chi connectivity index (χ2v) is 5.33. The first kappa shape index (κ1) is 13.6. The number of thioether (sulfide) groups is 1. The van der Waals surface area contributed by atoms with Crippen molar-refractivity contribution in [1.82, 2.24) is 35.1 Å². The van der Waals surface area contributed by atoms with E-state index in [9.17, 15) is 4.79 Å². The maximum Gasteiger partial charge on any atom is 0.269 e. The number of hydrogen-bond acceptors (Lipinski definition) is 6. The van der Waals surface area contributed by atoms with Crippen molar-refractivity contribution in [2.75, 3.05) is 12.3 Å². The molecule has 1 N–H and O–H groups in total. The summed E-state index contributed by atoms with van der Waals surface area (Å²) < 4.78 is 3.21. The number of hydrogen-bond donors (Lipinski definition) is 1. The average molecular weight is 303 g/mol. The topological polar surface area (TPSA) is 90.0 Å². The van der Waals surface area contributed by atoms with E-state index in [1.54, 1.807) is 28.5 Å². The Bertz CT molecular complexity index is 766. The van der Waals surface area contributed by atoms with Gasteiger partial charge in [0.05, 0.1) is 11.7 Å². The molecule has 0 bridgehead atoms. The zero-order valence-corrected chi connectivity index (χ0v) is 12.1. The zero-order valence-electron chi connectivity index (χ0n) is 11.3. The zero-order chi connectivity index (χ0) is 14.7. The molecule has 3 aromatic rings. The van der Waals surface area contributed by atoms with Gasteiger partial charge in [-0.3, -0.25) is 4.79 Å². The summed E-state index contributed by atoms with van der Waals surface area (Å²) >= 11 is 1.49. The second-order valence-electron chi connectivity index (χ2n) is 4.27. The van der Waals surface area contributed by atoms with Crippen LogP contribution in [0.5, 0.6) is 0 Å². The Morgan fingerprint density at radius 2 is 2.29 bits per heavy atom. The third-order valence-electron chi connectivity index (χ3n) is 2.85. The molecule has 0 atom stereocenters. The number of nitrogens with one attached hydrogen (secondary N) is 1. The Morgan fingerprint density at radius 1 is 1.38 bits per heavy atom. The predicted octanol–water partition coefficient (Wildman–Crippen LogP) is 0.380. The van der Waals surface area contributed by atoms with Gasteiger partial charge in [-0.1, -0.05) is 17.8 Å². The van der Waals surface area contributed by atoms with Crippen molar-refractivity contribution >= 4 is 23.2 Å². The minimum Gasteiger partial charge on any atom is -0.350 e. The summed E-state index contributed by atoms with van der Waals surface area (Å²) in [6, 6.07) is 7.34. The number of aryl methyl sites for hydroxylation is 1. The van der Waals surface area contributed by atoms with E-state index in [-0.39, 0.29) is 5.91 Å². The Kier molecular flexibility index (Phi) is 3.82. The van der Waals surface area contributed by atoms with Crippen molar-refractivity contribution in [2.45, 2.75) is 5.16 Å². The Balaban J connectivity index is 1.57. The van der Waals surface area contributed by atoms with Crippen LogP contribution in [0.1, 0.15) is 10.5 Å². The van der Waals surface area contributed by atoms with Crippen molar-refractivity contribution < 1.29 is 4.79 Å². The number of amides is 1.